The van der Waals surface area contributed by atoms with E-state index in [0.29, 0.717) is 12.5 Å². The number of aliphatic hydroxyl groups is 1. The average molecular weight is 251 g/mol. The smallest absolute Gasteiger partial charge is 0.118 e. The number of benzene rings is 1. The lowest BCUT2D eigenvalue weighted by Gasteiger charge is -2.24. The van der Waals surface area contributed by atoms with Gasteiger partial charge in [0.15, 0.2) is 0 Å². The van der Waals surface area contributed by atoms with Crippen molar-refractivity contribution in [2.75, 3.05) is 13.7 Å². The molecule has 0 aliphatic heterocycles. The maximum atomic E-state index is 10.1. The molecule has 3 N–H and O–H groups in total. The molecule has 3 heteroatoms. The van der Waals surface area contributed by atoms with Crippen molar-refractivity contribution in [2.24, 2.45) is 17.6 Å². The number of hydrogen-bond donors (Lipinski definition) is 2. The van der Waals surface area contributed by atoms with Crippen LogP contribution in [0.2, 0.25) is 0 Å². The Morgan fingerprint density at radius 3 is 2.28 bits per heavy atom. The number of methoxy groups -OCH3 is 1. The highest BCUT2D eigenvalue weighted by atomic mass is 16.5. The molecular formula is C15H25NO2. The van der Waals surface area contributed by atoms with Gasteiger partial charge in [0.2, 0.25) is 0 Å². The standard InChI is InChI=1S/C15H25NO2/c1-11(2)14(10-16)15(17)9-6-12-4-7-13(18-3)8-5-12/h4-5,7-8,11,14-15,17H,6,9-10,16H2,1-3H3. The van der Waals surface area contributed by atoms with Gasteiger partial charge in [-0.3, -0.25) is 0 Å². The largest absolute Gasteiger partial charge is 0.497 e. The molecule has 0 radical (unpaired) electrons. The maximum Gasteiger partial charge on any atom is 0.118 e. The zero-order chi connectivity index (χ0) is 13.5. The highest BCUT2D eigenvalue weighted by Gasteiger charge is 2.20. The molecule has 0 spiro atoms. The van der Waals surface area contributed by atoms with Crippen molar-refractivity contribution >= 4 is 0 Å². The Morgan fingerprint density at radius 2 is 1.83 bits per heavy atom. The molecule has 0 saturated heterocycles. The van der Waals surface area contributed by atoms with Gasteiger partial charge in [0.25, 0.3) is 0 Å². The Kier molecular flexibility index (Phi) is 6.16. The van der Waals surface area contributed by atoms with Crippen LogP contribution in [0.1, 0.15) is 25.8 Å². The lowest BCUT2D eigenvalue weighted by Crippen LogP contribution is -2.32. The van der Waals surface area contributed by atoms with Gasteiger partial charge in [-0.25, -0.2) is 0 Å². The van der Waals surface area contributed by atoms with Crippen LogP contribution in [0.15, 0.2) is 24.3 Å². The zero-order valence-corrected chi connectivity index (χ0v) is 11.6. The minimum Gasteiger partial charge on any atom is -0.497 e. The van der Waals surface area contributed by atoms with E-state index >= 15 is 0 Å². The van der Waals surface area contributed by atoms with Crippen LogP contribution in [-0.4, -0.2) is 24.9 Å². The molecule has 0 amide bonds. The summed E-state index contributed by atoms with van der Waals surface area (Å²) in [6, 6.07) is 7.98. The van der Waals surface area contributed by atoms with Crippen molar-refractivity contribution in [2.45, 2.75) is 32.8 Å². The summed E-state index contributed by atoms with van der Waals surface area (Å²) >= 11 is 0. The summed E-state index contributed by atoms with van der Waals surface area (Å²) in [6.45, 7) is 4.75. The number of rotatable bonds is 7. The number of aryl methyl sites for hydroxylation is 1. The first kappa shape index (κ1) is 15.0. The highest BCUT2D eigenvalue weighted by Crippen LogP contribution is 2.19. The molecule has 0 aromatic heterocycles. The van der Waals surface area contributed by atoms with Crippen molar-refractivity contribution < 1.29 is 9.84 Å². The second-order valence-corrected chi connectivity index (χ2v) is 5.10. The van der Waals surface area contributed by atoms with Gasteiger partial charge in [-0.05, 0) is 48.9 Å². The summed E-state index contributed by atoms with van der Waals surface area (Å²) in [4.78, 5) is 0. The molecule has 0 aliphatic rings. The van der Waals surface area contributed by atoms with Crippen LogP contribution in [0, 0.1) is 11.8 Å². The van der Waals surface area contributed by atoms with Crippen LogP contribution in [0.25, 0.3) is 0 Å². The normalized spacial score (nSPS) is 14.6. The Labute approximate surface area is 110 Å². The number of nitrogens with two attached hydrogens (primary N) is 1. The molecule has 102 valence electrons. The van der Waals surface area contributed by atoms with Gasteiger partial charge in [-0.2, -0.15) is 0 Å². The van der Waals surface area contributed by atoms with Gasteiger partial charge in [-0.1, -0.05) is 26.0 Å². The first-order chi connectivity index (χ1) is 8.58. The molecule has 2 unspecified atom stereocenters. The minimum atomic E-state index is -0.322. The van der Waals surface area contributed by atoms with Gasteiger partial charge in [0, 0.05) is 0 Å². The Balaban J connectivity index is 2.48. The average Bonchev–Trinajstić information content (AvgIpc) is 2.37. The van der Waals surface area contributed by atoms with E-state index in [9.17, 15) is 5.11 Å². The zero-order valence-electron chi connectivity index (χ0n) is 11.6. The maximum absolute atomic E-state index is 10.1. The van der Waals surface area contributed by atoms with Crippen molar-refractivity contribution in [1.29, 1.82) is 0 Å². The molecule has 0 aliphatic carbocycles. The van der Waals surface area contributed by atoms with E-state index in [4.69, 9.17) is 10.5 Å². The van der Waals surface area contributed by atoms with Crippen LogP contribution >= 0.6 is 0 Å². The Bertz CT molecular complexity index is 335. The Hall–Kier alpha value is -1.06. The minimum absolute atomic E-state index is 0.184. The summed E-state index contributed by atoms with van der Waals surface area (Å²) in [5, 5.41) is 10.1. The quantitative estimate of drug-likeness (QED) is 0.781. The van der Waals surface area contributed by atoms with Gasteiger partial charge in [-0.15, -0.1) is 0 Å². The third kappa shape index (κ3) is 4.31. The summed E-state index contributed by atoms with van der Waals surface area (Å²) in [5.74, 6) is 1.46. The van der Waals surface area contributed by atoms with Gasteiger partial charge in [0.05, 0.1) is 13.2 Å². The number of ether oxygens (including phenoxy) is 1. The summed E-state index contributed by atoms with van der Waals surface area (Å²) < 4.78 is 5.12. The molecule has 1 aromatic carbocycles. The van der Waals surface area contributed by atoms with E-state index in [1.807, 2.05) is 24.3 Å². The molecule has 1 aromatic rings. The number of aliphatic hydroxyl groups excluding tert-OH is 1. The van der Waals surface area contributed by atoms with E-state index in [2.05, 4.69) is 13.8 Å². The fourth-order valence-electron chi connectivity index (χ4n) is 2.19. The van der Waals surface area contributed by atoms with E-state index in [0.717, 1.165) is 18.6 Å². The molecule has 0 fully saturated rings. The molecular weight excluding hydrogens is 226 g/mol. The molecule has 0 bridgehead atoms. The molecule has 18 heavy (non-hydrogen) atoms. The second-order valence-electron chi connectivity index (χ2n) is 5.10. The summed E-state index contributed by atoms with van der Waals surface area (Å²) in [5.41, 5.74) is 6.92. The monoisotopic (exact) mass is 251 g/mol. The predicted molar refractivity (Wildman–Crippen MR) is 74.7 cm³/mol. The van der Waals surface area contributed by atoms with E-state index in [1.54, 1.807) is 7.11 Å². The van der Waals surface area contributed by atoms with Crippen molar-refractivity contribution in [3.63, 3.8) is 0 Å². The third-order valence-corrected chi connectivity index (χ3v) is 3.51. The van der Waals surface area contributed by atoms with Crippen molar-refractivity contribution in [1.82, 2.24) is 0 Å². The van der Waals surface area contributed by atoms with Gasteiger partial charge >= 0.3 is 0 Å². The fraction of sp³-hybridized carbons (Fsp3) is 0.600. The second kappa shape index (κ2) is 7.39. The van der Waals surface area contributed by atoms with Crippen LogP contribution in [0.4, 0.5) is 0 Å². The summed E-state index contributed by atoms with van der Waals surface area (Å²) in [7, 11) is 1.66. The fourth-order valence-corrected chi connectivity index (χ4v) is 2.19. The molecule has 0 heterocycles. The third-order valence-electron chi connectivity index (χ3n) is 3.51. The van der Waals surface area contributed by atoms with Crippen LogP contribution < -0.4 is 10.5 Å². The lowest BCUT2D eigenvalue weighted by molar-refractivity contribution is 0.0786. The van der Waals surface area contributed by atoms with Crippen LogP contribution in [0.3, 0.4) is 0 Å². The molecule has 2 atom stereocenters. The van der Waals surface area contributed by atoms with Crippen LogP contribution in [-0.2, 0) is 6.42 Å². The topological polar surface area (TPSA) is 55.5 Å². The molecule has 3 nitrogen and oxygen atoms in total. The number of hydrogen-bond acceptors (Lipinski definition) is 3. The lowest BCUT2D eigenvalue weighted by atomic mass is 9.87. The van der Waals surface area contributed by atoms with E-state index in [1.165, 1.54) is 5.56 Å². The Morgan fingerprint density at radius 1 is 1.22 bits per heavy atom. The first-order valence-electron chi connectivity index (χ1n) is 6.59. The first-order valence-corrected chi connectivity index (χ1v) is 6.59. The predicted octanol–water partition coefficient (Wildman–Crippen LogP) is 2.22. The van der Waals surface area contributed by atoms with Crippen LogP contribution in [0.5, 0.6) is 5.75 Å². The van der Waals surface area contributed by atoms with E-state index in [-0.39, 0.29) is 12.0 Å². The SMILES string of the molecule is COc1ccc(CCC(O)C(CN)C(C)C)cc1. The highest BCUT2D eigenvalue weighted by molar-refractivity contribution is 5.27. The van der Waals surface area contributed by atoms with Gasteiger partial charge < -0.3 is 15.6 Å². The van der Waals surface area contributed by atoms with E-state index < -0.39 is 0 Å². The van der Waals surface area contributed by atoms with Gasteiger partial charge in [0.1, 0.15) is 5.75 Å². The summed E-state index contributed by atoms with van der Waals surface area (Å²) in [6.07, 6.45) is 1.30. The van der Waals surface area contributed by atoms with Crippen molar-refractivity contribution in [3.8, 4) is 5.75 Å². The molecule has 0 saturated carbocycles. The molecule has 1 rings (SSSR count). The van der Waals surface area contributed by atoms with Crippen molar-refractivity contribution in [3.05, 3.63) is 29.8 Å².